The van der Waals surface area contributed by atoms with E-state index >= 15 is 0 Å². The molecule has 8 nitrogen and oxygen atoms in total. The van der Waals surface area contributed by atoms with Gasteiger partial charge in [0.2, 0.25) is 0 Å². The van der Waals surface area contributed by atoms with Crippen LogP contribution in [-0.4, -0.2) is 48.8 Å². The molecule has 1 atom stereocenters. The van der Waals surface area contributed by atoms with Crippen molar-refractivity contribution >= 4 is 30.0 Å². The molecule has 0 spiro atoms. The first-order valence-corrected chi connectivity index (χ1v) is 14.4. The van der Waals surface area contributed by atoms with Gasteiger partial charge in [-0.05, 0) is 38.2 Å². The van der Waals surface area contributed by atoms with Crippen molar-refractivity contribution < 1.29 is 38.5 Å². The van der Waals surface area contributed by atoms with Crippen LogP contribution in [-0.2, 0) is 33.4 Å². The van der Waals surface area contributed by atoms with Gasteiger partial charge in [-0.3, -0.25) is 0 Å². The van der Waals surface area contributed by atoms with E-state index in [1.54, 1.807) is 6.92 Å². The standard InChI is InChI=1S/C11H20O2.C8H8.C7H12O2.C5H8O2.C4H6O2/c1-4-7-8-10(5-2)9-13-11(12)6-3;1-2-8-6-4-3-5-7-8;1-3-5-6-9-7(8)4-2;1-3-5(6)7-4-2;1-3(2)4(5)6/h6,10H,3-5,7-9H2,1-2H3;2-7H,1H2;4H,2-3,5-6H2,1H3;3H,1,4H2,2H3;1H2,2H3,(H,5,6). The Morgan fingerprint density at radius 2 is 1.26 bits per heavy atom. The molecule has 0 radical (unpaired) electrons. The second-order valence-corrected chi connectivity index (χ2v) is 8.63. The Kier molecular flexibility index (Phi) is 38.1. The van der Waals surface area contributed by atoms with Gasteiger partial charge in [0, 0.05) is 23.8 Å². The quantitative estimate of drug-likeness (QED) is 0.0925. The highest BCUT2D eigenvalue weighted by atomic mass is 16.5. The normalized spacial score (nSPS) is 9.33. The molecule has 1 aromatic rings. The third kappa shape index (κ3) is 40.0. The van der Waals surface area contributed by atoms with Gasteiger partial charge < -0.3 is 19.3 Å². The summed E-state index contributed by atoms with van der Waals surface area (Å²) >= 11 is 0. The van der Waals surface area contributed by atoms with Crippen molar-refractivity contribution in [2.75, 3.05) is 19.8 Å². The molecule has 0 saturated heterocycles. The molecule has 43 heavy (non-hydrogen) atoms. The Balaban J connectivity index is -0.000000227. The fraction of sp³-hybridized carbons (Fsp3) is 0.429. The lowest BCUT2D eigenvalue weighted by Gasteiger charge is -2.13. The molecular weight excluding hydrogens is 548 g/mol. The van der Waals surface area contributed by atoms with Crippen LogP contribution in [0, 0.1) is 5.92 Å². The third-order valence-corrected chi connectivity index (χ3v) is 4.93. The summed E-state index contributed by atoms with van der Waals surface area (Å²) in [5.74, 6) is -1.42. The predicted octanol–water partition coefficient (Wildman–Crippen LogP) is 8.16. The molecule has 1 aromatic carbocycles. The first-order valence-electron chi connectivity index (χ1n) is 14.4. The summed E-state index contributed by atoms with van der Waals surface area (Å²) in [6, 6.07) is 10.0. The number of carbonyl (C=O) groups is 4. The molecule has 0 aliphatic heterocycles. The minimum absolute atomic E-state index is 0.176. The number of esters is 3. The minimum Gasteiger partial charge on any atom is -0.478 e. The number of carboxylic acids is 1. The Morgan fingerprint density at radius 1 is 0.791 bits per heavy atom. The number of benzene rings is 1. The SMILES string of the molecule is C=C(C)C(=O)O.C=CC(=O)OCC.C=CC(=O)OCC(CC)CCCC.C=CC(=O)OCCCC.C=Cc1ccccc1. The zero-order chi connectivity index (χ0) is 33.9. The number of carboxylic acid groups (broad SMARTS) is 1. The molecule has 0 amide bonds. The van der Waals surface area contributed by atoms with E-state index in [9.17, 15) is 19.2 Å². The highest BCUT2D eigenvalue weighted by Gasteiger charge is 2.07. The molecule has 0 aliphatic rings. The molecule has 0 aromatic heterocycles. The lowest BCUT2D eigenvalue weighted by molar-refractivity contribution is -0.139. The Labute approximate surface area is 259 Å². The van der Waals surface area contributed by atoms with Crippen LogP contribution in [0.2, 0.25) is 0 Å². The van der Waals surface area contributed by atoms with E-state index in [4.69, 9.17) is 9.84 Å². The molecule has 0 aliphatic carbocycles. The average molecular weight is 603 g/mol. The van der Waals surface area contributed by atoms with Gasteiger partial charge in [-0.1, -0.05) is 116 Å². The van der Waals surface area contributed by atoms with E-state index in [2.05, 4.69) is 56.2 Å². The Morgan fingerprint density at radius 3 is 1.58 bits per heavy atom. The second-order valence-electron chi connectivity index (χ2n) is 8.63. The van der Waals surface area contributed by atoms with Crippen molar-refractivity contribution in [1.29, 1.82) is 0 Å². The fourth-order valence-electron chi connectivity index (χ4n) is 2.32. The van der Waals surface area contributed by atoms with Gasteiger partial charge in [-0.2, -0.15) is 0 Å². The summed E-state index contributed by atoms with van der Waals surface area (Å²) < 4.78 is 14.1. The van der Waals surface area contributed by atoms with Gasteiger partial charge in [0.15, 0.2) is 0 Å². The number of ether oxygens (including phenoxy) is 3. The topological polar surface area (TPSA) is 116 Å². The van der Waals surface area contributed by atoms with E-state index in [0.717, 1.165) is 31.8 Å². The molecule has 0 bridgehead atoms. The van der Waals surface area contributed by atoms with Gasteiger partial charge in [-0.25, -0.2) is 19.2 Å². The maximum Gasteiger partial charge on any atom is 0.330 e. The monoisotopic (exact) mass is 602 g/mol. The maximum atomic E-state index is 10.8. The van der Waals surface area contributed by atoms with Crippen molar-refractivity contribution in [2.24, 2.45) is 5.92 Å². The summed E-state index contributed by atoms with van der Waals surface area (Å²) in [5.41, 5.74) is 1.35. The molecule has 0 saturated carbocycles. The molecule has 1 N–H and O–H groups in total. The van der Waals surface area contributed by atoms with Crippen LogP contribution >= 0.6 is 0 Å². The number of carbonyl (C=O) groups excluding carboxylic acids is 3. The van der Waals surface area contributed by atoms with Crippen LogP contribution in [0.3, 0.4) is 0 Å². The Bertz CT molecular complexity index is 907. The summed E-state index contributed by atoms with van der Waals surface area (Å²) in [6.45, 7) is 27.6. The third-order valence-electron chi connectivity index (χ3n) is 4.93. The number of rotatable bonds is 15. The first kappa shape index (κ1) is 45.8. The summed E-state index contributed by atoms with van der Waals surface area (Å²) in [7, 11) is 0. The number of hydrogen-bond acceptors (Lipinski definition) is 7. The van der Waals surface area contributed by atoms with Crippen LogP contribution < -0.4 is 0 Å². The van der Waals surface area contributed by atoms with E-state index < -0.39 is 5.97 Å². The van der Waals surface area contributed by atoms with Crippen LogP contribution in [0.25, 0.3) is 6.08 Å². The van der Waals surface area contributed by atoms with E-state index in [1.165, 1.54) is 37.5 Å². The molecule has 8 heteroatoms. The zero-order valence-corrected chi connectivity index (χ0v) is 27.0. The smallest absolute Gasteiger partial charge is 0.330 e. The highest BCUT2D eigenvalue weighted by molar-refractivity contribution is 5.84. The van der Waals surface area contributed by atoms with Gasteiger partial charge in [0.1, 0.15) is 0 Å². The molecule has 242 valence electrons. The largest absolute Gasteiger partial charge is 0.478 e. The van der Waals surface area contributed by atoms with Crippen LogP contribution in [0.1, 0.15) is 78.7 Å². The van der Waals surface area contributed by atoms with Gasteiger partial charge in [-0.15, -0.1) is 0 Å². The minimum atomic E-state index is -0.935. The average Bonchev–Trinajstić information content (AvgIpc) is 3.02. The predicted molar refractivity (Wildman–Crippen MR) is 176 cm³/mol. The van der Waals surface area contributed by atoms with Crippen LogP contribution in [0.4, 0.5) is 0 Å². The van der Waals surface area contributed by atoms with Gasteiger partial charge in [0.25, 0.3) is 0 Å². The molecule has 1 unspecified atom stereocenters. The molecule has 0 heterocycles. The van der Waals surface area contributed by atoms with E-state index in [-0.39, 0.29) is 23.5 Å². The molecule has 1 rings (SSSR count). The molecule has 0 fully saturated rings. The Hall–Kier alpha value is -4.20. The maximum absolute atomic E-state index is 10.8. The van der Waals surface area contributed by atoms with Crippen molar-refractivity contribution in [3.05, 3.63) is 92.6 Å². The molecular formula is C35H54O8. The van der Waals surface area contributed by atoms with Gasteiger partial charge in [0.05, 0.1) is 19.8 Å². The van der Waals surface area contributed by atoms with Crippen molar-refractivity contribution in [3.8, 4) is 0 Å². The summed E-state index contributed by atoms with van der Waals surface area (Å²) in [4.78, 5) is 40.8. The van der Waals surface area contributed by atoms with Crippen LogP contribution in [0.5, 0.6) is 0 Å². The van der Waals surface area contributed by atoms with Crippen molar-refractivity contribution in [1.82, 2.24) is 0 Å². The lowest BCUT2D eigenvalue weighted by atomic mass is 10.0. The number of hydrogen-bond donors (Lipinski definition) is 1. The van der Waals surface area contributed by atoms with Gasteiger partial charge >= 0.3 is 23.9 Å². The lowest BCUT2D eigenvalue weighted by Crippen LogP contribution is -2.12. The first-order chi connectivity index (χ1) is 20.4. The van der Waals surface area contributed by atoms with E-state index in [1.807, 2.05) is 43.3 Å². The zero-order valence-electron chi connectivity index (χ0n) is 27.0. The number of unbranched alkanes of at least 4 members (excludes halogenated alkanes) is 2. The van der Waals surface area contributed by atoms with Crippen LogP contribution in [0.15, 0.2) is 87.0 Å². The van der Waals surface area contributed by atoms with Crippen molar-refractivity contribution in [2.45, 2.75) is 73.1 Å². The second kappa shape index (κ2) is 35.8. The highest BCUT2D eigenvalue weighted by Crippen LogP contribution is 2.12. The summed E-state index contributed by atoms with van der Waals surface area (Å²) in [6.07, 6.45) is 12.0. The van der Waals surface area contributed by atoms with E-state index in [0.29, 0.717) is 25.7 Å². The van der Waals surface area contributed by atoms with Crippen molar-refractivity contribution in [3.63, 3.8) is 0 Å². The number of aliphatic carboxylic acids is 1. The fourth-order valence-corrected chi connectivity index (χ4v) is 2.32. The summed E-state index contributed by atoms with van der Waals surface area (Å²) in [5, 5.41) is 7.89.